The maximum atomic E-state index is 13.2. The van der Waals surface area contributed by atoms with Gasteiger partial charge in [0.15, 0.2) is 0 Å². The van der Waals surface area contributed by atoms with Crippen LogP contribution in [0.2, 0.25) is 5.02 Å². The van der Waals surface area contributed by atoms with Crippen LogP contribution in [0, 0.1) is 5.82 Å². The average Bonchev–Trinajstić information content (AvgIpc) is 2.79. The van der Waals surface area contributed by atoms with Gasteiger partial charge in [-0.15, -0.1) is 0 Å². The normalized spacial score (nSPS) is 11.2. The number of halogens is 2. The quantitative estimate of drug-likeness (QED) is 0.912. The number of aromatic nitrogens is 2. The second-order valence-corrected chi connectivity index (χ2v) is 5.18. The summed E-state index contributed by atoms with van der Waals surface area (Å²) < 4.78 is 14.9. The van der Waals surface area contributed by atoms with Gasteiger partial charge in [0.1, 0.15) is 5.82 Å². The molecule has 2 rings (SSSR count). The van der Waals surface area contributed by atoms with Crippen molar-refractivity contribution in [1.82, 2.24) is 15.1 Å². The molecule has 0 aliphatic carbocycles. The van der Waals surface area contributed by atoms with Gasteiger partial charge < -0.3 is 5.32 Å². The van der Waals surface area contributed by atoms with Gasteiger partial charge in [-0.3, -0.25) is 4.68 Å². The third-order valence-corrected chi connectivity index (χ3v) is 3.10. The summed E-state index contributed by atoms with van der Waals surface area (Å²) in [7, 11) is 0. The van der Waals surface area contributed by atoms with Crippen molar-refractivity contribution in [3.8, 4) is 0 Å². The van der Waals surface area contributed by atoms with Crippen LogP contribution < -0.4 is 5.32 Å². The molecule has 0 aliphatic rings. The van der Waals surface area contributed by atoms with Gasteiger partial charge in [0.25, 0.3) is 0 Å². The first kappa shape index (κ1) is 14.0. The average molecular weight is 282 g/mol. The van der Waals surface area contributed by atoms with E-state index in [2.05, 4.69) is 24.3 Å². The maximum Gasteiger partial charge on any atom is 0.123 e. The lowest BCUT2D eigenvalue weighted by Gasteiger charge is -2.06. The maximum absolute atomic E-state index is 13.2. The Hall–Kier alpha value is -1.39. The lowest BCUT2D eigenvalue weighted by Crippen LogP contribution is -2.22. The van der Waals surface area contributed by atoms with Crippen molar-refractivity contribution in [1.29, 1.82) is 0 Å². The summed E-state index contributed by atoms with van der Waals surface area (Å²) in [4.78, 5) is 0. The van der Waals surface area contributed by atoms with Crippen molar-refractivity contribution in [2.24, 2.45) is 0 Å². The third-order valence-electron chi connectivity index (χ3n) is 2.73. The fourth-order valence-corrected chi connectivity index (χ4v) is 1.91. The molecular formula is C14H17ClFN3. The molecule has 0 bridgehead atoms. The molecule has 0 amide bonds. The van der Waals surface area contributed by atoms with E-state index in [-0.39, 0.29) is 5.82 Å². The molecule has 5 heteroatoms. The lowest BCUT2D eigenvalue weighted by molar-refractivity contribution is 0.569. The predicted octanol–water partition coefficient (Wildman–Crippen LogP) is 3.22. The van der Waals surface area contributed by atoms with Gasteiger partial charge in [0, 0.05) is 23.8 Å². The van der Waals surface area contributed by atoms with Gasteiger partial charge >= 0.3 is 0 Å². The van der Waals surface area contributed by atoms with E-state index in [0.29, 0.717) is 17.6 Å². The molecule has 2 aromatic rings. The van der Waals surface area contributed by atoms with E-state index in [1.165, 1.54) is 12.1 Å². The molecule has 102 valence electrons. The highest BCUT2D eigenvalue weighted by atomic mass is 35.5. The van der Waals surface area contributed by atoms with E-state index < -0.39 is 0 Å². The van der Waals surface area contributed by atoms with Crippen LogP contribution in [-0.4, -0.2) is 15.8 Å². The number of nitrogens with zero attached hydrogens (tertiary/aromatic N) is 2. The fraction of sp³-hybridized carbons (Fsp3) is 0.357. The Morgan fingerprint density at radius 1 is 1.37 bits per heavy atom. The van der Waals surface area contributed by atoms with Crippen molar-refractivity contribution in [3.05, 3.63) is 52.6 Å². The van der Waals surface area contributed by atoms with Crippen molar-refractivity contribution in [3.63, 3.8) is 0 Å². The smallest absolute Gasteiger partial charge is 0.123 e. The first-order valence-electron chi connectivity index (χ1n) is 6.24. The van der Waals surface area contributed by atoms with Crippen LogP contribution in [0.4, 0.5) is 4.39 Å². The minimum Gasteiger partial charge on any atom is -0.309 e. The molecule has 0 fully saturated rings. The van der Waals surface area contributed by atoms with Crippen LogP contribution in [0.25, 0.3) is 0 Å². The van der Waals surface area contributed by atoms with E-state index in [0.717, 1.165) is 17.8 Å². The zero-order valence-corrected chi connectivity index (χ0v) is 11.8. The topological polar surface area (TPSA) is 29.9 Å². The Kier molecular flexibility index (Phi) is 4.56. The first-order chi connectivity index (χ1) is 9.04. The zero-order valence-electron chi connectivity index (χ0n) is 11.0. The minimum absolute atomic E-state index is 0.284. The van der Waals surface area contributed by atoms with Gasteiger partial charge in [-0.2, -0.15) is 5.10 Å². The molecule has 3 nitrogen and oxygen atoms in total. The number of hydrogen-bond acceptors (Lipinski definition) is 2. The number of rotatable bonds is 5. The molecule has 1 heterocycles. The molecule has 1 aromatic heterocycles. The fourth-order valence-electron chi connectivity index (χ4n) is 1.73. The van der Waals surface area contributed by atoms with E-state index >= 15 is 0 Å². The Bertz CT molecular complexity index is 551. The van der Waals surface area contributed by atoms with Crippen LogP contribution >= 0.6 is 11.6 Å². The van der Waals surface area contributed by atoms with Crippen LogP contribution in [0.3, 0.4) is 0 Å². The monoisotopic (exact) mass is 281 g/mol. The summed E-state index contributed by atoms with van der Waals surface area (Å²) in [5.74, 6) is -0.284. The molecule has 0 saturated heterocycles. The highest BCUT2D eigenvalue weighted by molar-refractivity contribution is 6.31. The van der Waals surface area contributed by atoms with Crippen molar-refractivity contribution >= 4 is 11.6 Å². The van der Waals surface area contributed by atoms with Crippen molar-refractivity contribution < 1.29 is 4.39 Å². The molecular weight excluding hydrogens is 265 g/mol. The van der Waals surface area contributed by atoms with Gasteiger partial charge in [-0.05, 0) is 29.8 Å². The first-order valence-corrected chi connectivity index (χ1v) is 6.62. The van der Waals surface area contributed by atoms with Crippen LogP contribution in [0.5, 0.6) is 0 Å². The second kappa shape index (κ2) is 6.17. The van der Waals surface area contributed by atoms with Crippen LogP contribution in [0.1, 0.15) is 25.1 Å². The summed E-state index contributed by atoms with van der Waals surface area (Å²) >= 11 is 6.04. The highest BCUT2D eigenvalue weighted by Crippen LogP contribution is 2.18. The summed E-state index contributed by atoms with van der Waals surface area (Å²) in [5, 5.41) is 8.27. The molecule has 0 spiro atoms. The zero-order chi connectivity index (χ0) is 13.8. The molecule has 0 aliphatic heterocycles. The molecule has 0 atom stereocenters. The van der Waals surface area contributed by atoms with Crippen molar-refractivity contribution in [2.75, 3.05) is 0 Å². The Morgan fingerprint density at radius 2 is 2.16 bits per heavy atom. The largest absolute Gasteiger partial charge is 0.309 e. The van der Waals surface area contributed by atoms with Gasteiger partial charge in [0.2, 0.25) is 0 Å². The van der Waals surface area contributed by atoms with Gasteiger partial charge in [-0.1, -0.05) is 25.4 Å². The summed E-state index contributed by atoms with van der Waals surface area (Å²) in [6, 6.07) is 6.73. The highest BCUT2D eigenvalue weighted by Gasteiger charge is 2.05. The second-order valence-electron chi connectivity index (χ2n) is 4.78. The standard InChI is InChI=1S/C14H17ClFN3/c1-10(2)17-8-13-5-6-19(18-13)9-11-7-12(16)3-4-14(11)15/h3-7,10,17H,8-9H2,1-2H3. The van der Waals surface area contributed by atoms with Crippen LogP contribution in [0.15, 0.2) is 30.5 Å². The number of nitrogens with one attached hydrogen (secondary N) is 1. The van der Waals surface area contributed by atoms with Crippen molar-refractivity contribution in [2.45, 2.75) is 33.0 Å². The summed E-state index contributed by atoms with van der Waals surface area (Å²) in [6.07, 6.45) is 1.87. The van der Waals surface area contributed by atoms with E-state index in [9.17, 15) is 4.39 Å². The minimum atomic E-state index is -0.284. The third kappa shape index (κ3) is 4.04. The Morgan fingerprint density at radius 3 is 2.89 bits per heavy atom. The molecule has 0 unspecified atom stereocenters. The number of benzene rings is 1. The molecule has 1 aromatic carbocycles. The molecule has 1 N–H and O–H groups in total. The molecule has 19 heavy (non-hydrogen) atoms. The summed E-state index contributed by atoms with van der Waals surface area (Å²) in [6.45, 7) is 5.37. The summed E-state index contributed by atoms with van der Waals surface area (Å²) in [5.41, 5.74) is 1.69. The number of hydrogen-bond donors (Lipinski definition) is 1. The lowest BCUT2D eigenvalue weighted by atomic mass is 10.2. The Labute approximate surface area is 117 Å². The SMILES string of the molecule is CC(C)NCc1ccn(Cc2cc(F)ccc2Cl)n1. The van der Waals surface area contributed by atoms with Crippen LogP contribution in [-0.2, 0) is 13.1 Å². The Balaban J connectivity index is 2.05. The van der Waals surface area contributed by atoms with E-state index in [1.54, 1.807) is 10.7 Å². The molecule has 0 saturated carbocycles. The molecule has 0 radical (unpaired) electrons. The predicted molar refractivity (Wildman–Crippen MR) is 74.7 cm³/mol. The van der Waals surface area contributed by atoms with E-state index in [1.807, 2.05) is 12.3 Å². The van der Waals surface area contributed by atoms with Gasteiger partial charge in [0.05, 0.1) is 12.2 Å². The van der Waals surface area contributed by atoms with Gasteiger partial charge in [-0.25, -0.2) is 4.39 Å². The van der Waals surface area contributed by atoms with E-state index in [4.69, 9.17) is 11.6 Å².